The number of phenolic OH excluding ortho intramolecular Hbond substituents is 1. The molecule has 1 heterocycles. The van der Waals surface area contributed by atoms with Crippen molar-refractivity contribution in [1.29, 1.82) is 0 Å². The molecule has 0 saturated carbocycles. The van der Waals surface area contributed by atoms with E-state index in [1.807, 2.05) is 30.3 Å². The van der Waals surface area contributed by atoms with Crippen molar-refractivity contribution < 1.29 is 13.5 Å². The Morgan fingerprint density at radius 2 is 1.75 bits per heavy atom. The summed E-state index contributed by atoms with van der Waals surface area (Å²) < 4.78 is 25.0. The van der Waals surface area contributed by atoms with E-state index in [4.69, 9.17) is 0 Å². The first-order valence-corrected chi connectivity index (χ1v) is 7.92. The van der Waals surface area contributed by atoms with E-state index in [1.54, 1.807) is 18.3 Å². The van der Waals surface area contributed by atoms with Gasteiger partial charge in [-0.15, -0.1) is 0 Å². The highest BCUT2D eigenvalue weighted by Crippen LogP contribution is 2.33. The van der Waals surface area contributed by atoms with Gasteiger partial charge in [0.05, 0.1) is 11.8 Å². The number of phenols is 1. The molecular formula is C15H13NO3S. The van der Waals surface area contributed by atoms with E-state index in [-0.39, 0.29) is 5.75 Å². The quantitative estimate of drug-likeness (QED) is 0.788. The minimum Gasteiger partial charge on any atom is -0.508 e. The SMILES string of the molecule is CS(=O)(=O)n1cc(-c2ccccc2)c2cc(O)ccc21. The number of aromatic hydroxyl groups is 1. The first-order chi connectivity index (χ1) is 9.47. The summed E-state index contributed by atoms with van der Waals surface area (Å²) in [5, 5.41) is 10.4. The predicted molar refractivity (Wildman–Crippen MR) is 79.3 cm³/mol. The van der Waals surface area contributed by atoms with Gasteiger partial charge in [0.25, 0.3) is 0 Å². The van der Waals surface area contributed by atoms with Crippen LogP contribution >= 0.6 is 0 Å². The molecule has 5 heteroatoms. The standard InChI is InChI=1S/C15H13NO3S/c1-20(18,19)16-10-14(11-5-3-2-4-6-11)13-9-12(17)7-8-15(13)16/h2-10,17H,1H3. The fraction of sp³-hybridized carbons (Fsp3) is 0.0667. The van der Waals surface area contributed by atoms with Crippen molar-refractivity contribution in [3.63, 3.8) is 0 Å². The van der Waals surface area contributed by atoms with Gasteiger partial charge in [-0.2, -0.15) is 0 Å². The Balaban J connectivity index is 2.41. The van der Waals surface area contributed by atoms with E-state index in [0.29, 0.717) is 10.9 Å². The highest BCUT2D eigenvalue weighted by Gasteiger charge is 2.16. The Kier molecular flexibility index (Phi) is 2.79. The molecule has 0 aliphatic heterocycles. The highest BCUT2D eigenvalue weighted by atomic mass is 32.2. The smallest absolute Gasteiger partial charge is 0.236 e. The van der Waals surface area contributed by atoms with Crippen molar-refractivity contribution >= 4 is 20.9 Å². The normalized spacial score (nSPS) is 11.8. The fourth-order valence-corrected chi connectivity index (χ4v) is 3.12. The number of hydrogen-bond donors (Lipinski definition) is 1. The molecule has 0 aliphatic carbocycles. The van der Waals surface area contributed by atoms with E-state index >= 15 is 0 Å². The largest absolute Gasteiger partial charge is 0.508 e. The summed E-state index contributed by atoms with van der Waals surface area (Å²) in [5.74, 6) is 0.112. The molecule has 0 spiro atoms. The zero-order valence-corrected chi connectivity index (χ0v) is 11.6. The second-order valence-electron chi connectivity index (χ2n) is 4.67. The fourth-order valence-electron chi connectivity index (χ4n) is 2.31. The van der Waals surface area contributed by atoms with E-state index < -0.39 is 10.0 Å². The monoisotopic (exact) mass is 287 g/mol. The molecule has 0 aliphatic rings. The lowest BCUT2D eigenvalue weighted by molar-refractivity contribution is 0.476. The van der Waals surface area contributed by atoms with Crippen molar-refractivity contribution in [3.05, 3.63) is 54.7 Å². The molecular weight excluding hydrogens is 274 g/mol. The van der Waals surface area contributed by atoms with Gasteiger partial charge in [-0.1, -0.05) is 30.3 Å². The summed E-state index contributed by atoms with van der Waals surface area (Å²) in [6, 6.07) is 14.2. The molecule has 0 fully saturated rings. The lowest BCUT2D eigenvalue weighted by Gasteiger charge is -2.01. The molecule has 20 heavy (non-hydrogen) atoms. The van der Waals surface area contributed by atoms with Crippen LogP contribution in [0.1, 0.15) is 0 Å². The van der Waals surface area contributed by atoms with Gasteiger partial charge < -0.3 is 5.11 Å². The Hall–Kier alpha value is -2.27. The summed E-state index contributed by atoms with van der Waals surface area (Å²) in [7, 11) is -3.39. The van der Waals surface area contributed by atoms with Gasteiger partial charge >= 0.3 is 0 Å². The summed E-state index contributed by atoms with van der Waals surface area (Å²) in [6.07, 6.45) is 2.75. The molecule has 0 amide bonds. The predicted octanol–water partition coefficient (Wildman–Crippen LogP) is 2.82. The third-order valence-corrected chi connectivity index (χ3v) is 4.21. The van der Waals surface area contributed by atoms with Crippen LogP contribution in [-0.4, -0.2) is 23.8 Å². The van der Waals surface area contributed by atoms with Crippen LogP contribution in [-0.2, 0) is 10.0 Å². The van der Waals surface area contributed by atoms with Gasteiger partial charge in [-0.25, -0.2) is 12.4 Å². The van der Waals surface area contributed by atoms with Gasteiger partial charge in [0.2, 0.25) is 10.0 Å². The van der Waals surface area contributed by atoms with Gasteiger partial charge in [0.15, 0.2) is 0 Å². The van der Waals surface area contributed by atoms with Gasteiger partial charge in [0.1, 0.15) is 5.75 Å². The molecule has 4 nitrogen and oxygen atoms in total. The minimum atomic E-state index is -3.39. The molecule has 1 aromatic heterocycles. The number of aromatic nitrogens is 1. The molecule has 0 radical (unpaired) electrons. The Morgan fingerprint density at radius 3 is 2.40 bits per heavy atom. The molecule has 0 atom stereocenters. The van der Waals surface area contributed by atoms with Crippen LogP contribution in [0.5, 0.6) is 5.75 Å². The molecule has 0 unspecified atom stereocenters. The van der Waals surface area contributed by atoms with Crippen LogP contribution in [0.15, 0.2) is 54.7 Å². The third-order valence-electron chi connectivity index (χ3n) is 3.20. The second kappa shape index (κ2) is 4.38. The topological polar surface area (TPSA) is 59.3 Å². The molecule has 3 rings (SSSR count). The van der Waals surface area contributed by atoms with Crippen LogP contribution in [0.25, 0.3) is 22.0 Å². The van der Waals surface area contributed by atoms with Crippen LogP contribution < -0.4 is 0 Å². The first-order valence-electron chi connectivity index (χ1n) is 6.07. The van der Waals surface area contributed by atoms with E-state index in [0.717, 1.165) is 17.4 Å². The highest BCUT2D eigenvalue weighted by molar-refractivity contribution is 7.89. The van der Waals surface area contributed by atoms with Crippen LogP contribution in [0.4, 0.5) is 0 Å². The summed E-state index contributed by atoms with van der Waals surface area (Å²) in [5.41, 5.74) is 2.25. The Labute approximate surface area is 117 Å². The zero-order valence-electron chi connectivity index (χ0n) is 10.8. The lowest BCUT2D eigenvalue weighted by atomic mass is 10.1. The number of nitrogens with zero attached hydrogens (tertiary/aromatic N) is 1. The maximum absolute atomic E-state index is 11.9. The van der Waals surface area contributed by atoms with E-state index in [9.17, 15) is 13.5 Å². The van der Waals surface area contributed by atoms with Crippen LogP contribution in [0.3, 0.4) is 0 Å². The van der Waals surface area contributed by atoms with E-state index in [1.165, 1.54) is 10.0 Å². The Morgan fingerprint density at radius 1 is 1.05 bits per heavy atom. The maximum atomic E-state index is 11.9. The average Bonchev–Trinajstić information content (AvgIpc) is 2.78. The summed E-state index contributed by atoms with van der Waals surface area (Å²) in [6.45, 7) is 0. The molecule has 2 aromatic carbocycles. The van der Waals surface area contributed by atoms with E-state index in [2.05, 4.69) is 0 Å². The maximum Gasteiger partial charge on any atom is 0.236 e. The number of fused-ring (bicyclic) bond motifs is 1. The minimum absolute atomic E-state index is 0.112. The van der Waals surface area contributed by atoms with Gasteiger partial charge in [0, 0.05) is 17.1 Å². The molecule has 3 aromatic rings. The molecule has 1 N–H and O–H groups in total. The van der Waals surface area contributed by atoms with Crippen molar-refractivity contribution in [3.8, 4) is 16.9 Å². The Bertz CT molecular complexity index is 880. The molecule has 0 saturated heterocycles. The zero-order chi connectivity index (χ0) is 14.3. The number of rotatable bonds is 2. The van der Waals surface area contributed by atoms with Crippen molar-refractivity contribution in [2.24, 2.45) is 0 Å². The summed E-state index contributed by atoms with van der Waals surface area (Å²) in [4.78, 5) is 0. The number of hydrogen-bond acceptors (Lipinski definition) is 3. The van der Waals surface area contributed by atoms with Crippen molar-refractivity contribution in [2.45, 2.75) is 0 Å². The lowest BCUT2D eigenvalue weighted by Crippen LogP contribution is -2.07. The van der Waals surface area contributed by atoms with Crippen molar-refractivity contribution in [2.75, 3.05) is 6.26 Å². The van der Waals surface area contributed by atoms with Crippen molar-refractivity contribution in [1.82, 2.24) is 3.97 Å². The van der Waals surface area contributed by atoms with Gasteiger partial charge in [-0.3, -0.25) is 0 Å². The third kappa shape index (κ3) is 2.06. The van der Waals surface area contributed by atoms with Crippen LogP contribution in [0, 0.1) is 0 Å². The molecule has 102 valence electrons. The summed E-state index contributed by atoms with van der Waals surface area (Å²) >= 11 is 0. The number of benzene rings is 2. The second-order valence-corrected chi connectivity index (χ2v) is 6.53. The molecule has 0 bridgehead atoms. The van der Waals surface area contributed by atoms with Gasteiger partial charge in [-0.05, 0) is 23.8 Å². The van der Waals surface area contributed by atoms with Crippen LogP contribution in [0.2, 0.25) is 0 Å². The first kappa shape index (κ1) is 12.7. The average molecular weight is 287 g/mol.